The third-order valence-corrected chi connectivity index (χ3v) is 5.90. The van der Waals surface area contributed by atoms with E-state index in [1.165, 1.54) is 0 Å². The molecule has 124 valence electrons. The van der Waals surface area contributed by atoms with Gasteiger partial charge in [-0.15, -0.1) is 0 Å². The molecule has 9 heteroatoms. The van der Waals surface area contributed by atoms with Crippen LogP contribution < -0.4 is 4.72 Å². The molecule has 1 atom stereocenters. The Bertz CT molecular complexity index is 659. The Labute approximate surface area is 128 Å². The highest BCUT2D eigenvalue weighted by Crippen LogP contribution is 2.43. The van der Waals surface area contributed by atoms with Crippen LogP contribution in [0.5, 0.6) is 0 Å². The van der Waals surface area contributed by atoms with E-state index in [2.05, 4.69) is 14.7 Å². The Hall–Kier alpha value is -1.06. The molecule has 1 unspecified atom stereocenters. The highest BCUT2D eigenvalue weighted by atomic mass is 32.2. The van der Waals surface area contributed by atoms with Crippen LogP contribution in [0.15, 0.2) is 6.20 Å². The maximum absolute atomic E-state index is 13.2. The van der Waals surface area contributed by atoms with Crippen LogP contribution in [-0.4, -0.2) is 48.4 Å². The summed E-state index contributed by atoms with van der Waals surface area (Å²) in [5, 5.41) is 4.24. The lowest BCUT2D eigenvalue weighted by molar-refractivity contribution is -0.122. The first-order valence-electron chi connectivity index (χ1n) is 7.34. The van der Waals surface area contributed by atoms with Crippen molar-refractivity contribution in [2.45, 2.75) is 38.4 Å². The number of sulfonamides is 1. The number of halogens is 2. The Morgan fingerprint density at radius 3 is 2.86 bits per heavy atom. The quantitative estimate of drug-likeness (QED) is 0.865. The van der Waals surface area contributed by atoms with Crippen molar-refractivity contribution in [3.63, 3.8) is 0 Å². The molecule has 1 aromatic heterocycles. The molecule has 0 spiro atoms. The molecule has 0 aromatic carbocycles. The third-order valence-electron chi connectivity index (χ3n) is 4.47. The lowest BCUT2D eigenvalue weighted by atomic mass is 9.82. The molecule has 3 rings (SSSR count). The highest BCUT2D eigenvalue weighted by Gasteiger charge is 2.49. The minimum absolute atomic E-state index is 0.101. The average Bonchev–Trinajstić information content (AvgIpc) is 2.84. The Morgan fingerprint density at radius 2 is 2.23 bits per heavy atom. The Balaban J connectivity index is 1.62. The fourth-order valence-corrected chi connectivity index (χ4v) is 4.29. The number of alkyl halides is 2. The maximum Gasteiger partial charge on any atom is 0.251 e. The third kappa shape index (κ3) is 3.16. The van der Waals surface area contributed by atoms with Crippen LogP contribution in [0.4, 0.5) is 8.78 Å². The fourth-order valence-electron chi connectivity index (χ4n) is 2.86. The average molecular weight is 334 g/mol. The molecule has 22 heavy (non-hydrogen) atoms. The maximum atomic E-state index is 13.2. The van der Waals surface area contributed by atoms with E-state index < -0.39 is 27.6 Å². The van der Waals surface area contributed by atoms with E-state index in [4.69, 9.17) is 0 Å². The van der Waals surface area contributed by atoms with Crippen LogP contribution in [-0.2, 0) is 29.7 Å². The van der Waals surface area contributed by atoms with Gasteiger partial charge < -0.3 is 0 Å². The predicted molar refractivity (Wildman–Crippen MR) is 76.9 cm³/mol. The summed E-state index contributed by atoms with van der Waals surface area (Å²) in [4.78, 5) is 2.13. The van der Waals surface area contributed by atoms with Gasteiger partial charge in [0, 0.05) is 37.5 Å². The summed E-state index contributed by atoms with van der Waals surface area (Å²) in [6.07, 6.45) is 1.70. The molecule has 1 fully saturated rings. The largest absolute Gasteiger partial charge is 0.299 e. The minimum atomic E-state index is -3.71. The zero-order chi connectivity index (χ0) is 16.0. The first-order valence-corrected chi connectivity index (χ1v) is 8.99. The molecule has 1 N–H and O–H groups in total. The molecule has 0 amide bonds. The highest BCUT2D eigenvalue weighted by molar-refractivity contribution is 7.89. The summed E-state index contributed by atoms with van der Waals surface area (Å²) < 4.78 is 54.6. The lowest BCUT2D eigenvalue weighted by Gasteiger charge is -2.35. The van der Waals surface area contributed by atoms with E-state index in [0.29, 0.717) is 6.54 Å². The smallest absolute Gasteiger partial charge is 0.251 e. The van der Waals surface area contributed by atoms with Crippen molar-refractivity contribution >= 4 is 10.0 Å². The molecule has 1 aliphatic carbocycles. The van der Waals surface area contributed by atoms with Gasteiger partial charge in [0.2, 0.25) is 10.0 Å². The van der Waals surface area contributed by atoms with Gasteiger partial charge in [0.1, 0.15) is 0 Å². The van der Waals surface area contributed by atoms with E-state index in [1.54, 1.807) is 6.20 Å². The summed E-state index contributed by atoms with van der Waals surface area (Å²) >= 11 is 0. The number of fused-ring (bicyclic) bond motifs is 1. The summed E-state index contributed by atoms with van der Waals surface area (Å²) in [5.74, 6) is -4.41. The van der Waals surface area contributed by atoms with Crippen molar-refractivity contribution in [2.75, 3.05) is 19.3 Å². The molecule has 6 nitrogen and oxygen atoms in total. The summed E-state index contributed by atoms with van der Waals surface area (Å²) in [6.45, 7) is 2.48. The SMILES string of the molecule is CN1CCn2ncc(CNS(=O)(=O)CC3CCC3(F)F)c2C1. The van der Waals surface area contributed by atoms with Gasteiger partial charge in [-0.3, -0.25) is 9.58 Å². The second kappa shape index (κ2) is 5.54. The number of hydrogen-bond acceptors (Lipinski definition) is 4. The van der Waals surface area contributed by atoms with Crippen LogP contribution >= 0.6 is 0 Å². The normalized spacial score (nSPS) is 24.8. The second-order valence-corrected chi connectivity index (χ2v) is 8.03. The number of hydrogen-bond donors (Lipinski definition) is 1. The Morgan fingerprint density at radius 1 is 1.45 bits per heavy atom. The monoisotopic (exact) mass is 334 g/mol. The van der Waals surface area contributed by atoms with Crippen LogP contribution in [0.3, 0.4) is 0 Å². The molecule has 1 saturated carbocycles. The van der Waals surface area contributed by atoms with Crippen LogP contribution in [0.1, 0.15) is 24.1 Å². The zero-order valence-electron chi connectivity index (χ0n) is 12.4. The molecule has 1 aliphatic heterocycles. The van der Waals surface area contributed by atoms with Crippen LogP contribution in [0, 0.1) is 5.92 Å². The van der Waals surface area contributed by atoms with E-state index >= 15 is 0 Å². The van der Waals surface area contributed by atoms with E-state index in [1.807, 2.05) is 11.7 Å². The standard InChI is InChI=1S/C13H20F2N4O2S/c1-18-4-5-19-12(8-18)10(6-16-19)7-17-22(20,21)9-11-2-3-13(11,14)15/h6,11,17H,2-5,7-9H2,1H3. The summed E-state index contributed by atoms with van der Waals surface area (Å²) in [7, 11) is -1.72. The van der Waals surface area contributed by atoms with E-state index in [9.17, 15) is 17.2 Å². The van der Waals surface area contributed by atoms with Gasteiger partial charge in [-0.05, 0) is 13.5 Å². The fraction of sp³-hybridized carbons (Fsp3) is 0.769. The second-order valence-electron chi connectivity index (χ2n) is 6.18. The van der Waals surface area contributed by atoms with Gasteiger partial charge >= 0.3 is 0 Å². The van der Waals surface area contributed by atoms with Crippen LogP contribution in [0.25, 0.3) is 0 Å². The van der Waals surface area contributed by atoms with Crippen molar-refractivity contribution < 1.29 is 17.2 Å². The first kappa shape index (κ1) is 15.8. The minimum Gasteiger partial charge on any atom is -0.299 e. The van der Waals surface area contributed by atoms with Crippen molar-refractivity contribution in [3.8, 4) is 0 Å². The van der Waals surface area contributed by atoms with Crippen molar-refractivity contribution in [1.82, 2.24) is 19.4 Å². The molecule has 0 radical (unpaired) electrons. The van der Waals surface area contributed by atoms with Gasteiger partial charge in [0.15, 0.2) is 0 Å². The molecule has 2 heterocycles. The molecular formula is C13H20F2N4O2S. The van der Waals surface area contributed by atoms with Crippen molar-refractivity contribution in [2.24, 2.45) is 5.92 Å². The van der Waals surface area contributed by atoms with E-state index in [-0.39, 0.29) is 19.4 Å². The molecular weight excluding hydrogens is 314 g/mol. The number of likely N-dealkylation sites (N-methyl/N-ethyl adjacent to an activating group) is 1. The number of aromatic nitrogens is 2. The molecule has 0 bridgehead atoms. The molecule has 0 saturated heterocycles. The molecule has 2 aliphatic rings. The van der Waals surface area contributed by atoms with Gasteiger partial charge in [-0.25, -0.2) is 21.9 Å². The lowest BCUT2D eigenvalue weighted by Crippen LogP contribution is -2.45. The first-order chi connectivity index (χ1) is 10.3. The van der Waals surface area contributed by atoms with Crippen molar-refractivity contribution in [1.29, 1.82) is 0 Å². The zero-order valence-corrected chi connectivity index (χ0v) is 13.2. The van der Waals surface area contributed by atoms with E-state index in [0.717, 1.165) is 24.3 Å². The number of nitrogens with zero attached hydrogens (tertiary/aromatic N) is 3. The predicted octanol–water partition coefficient (Wildman–Crippen LogP) is 0.793. The van der Waals surface area contributed by atoms with Crippen LogP contribution in [0.2, 0.25) is 0 Å². The topological polar surface area (TPSA) is 67.2 Å². The number of rotatable bonds is 5. The van der Waals surface area contributed by atoms with Crippen molar-refractivity contribution in [3.05, 3.63) is 17.5 Å². The summed E-state index contributed by atoms with van der Waals surface area (Å²) in [5.41, 5.74) is 1.78. The Kier molecular flexibility index (Phi) is 3.98. The van der Waals surface area contributed by atoms with Gasteiger partial charge in [0.05, 0.1) is 24.2 Å². The van der Waals surface area contributed by atoms with Gasteiger partial charge in [0.25, 0.3) is 5.92 Å². The number of nitrogens with one attached hydrogen (secondary N) is 1. The molecule has 1 aromatic rings. The summed E-state index contributed by atoms with van der Waals surface area (Å²) in [6, 6.07) is 0. The van der Waals surface area contributed by atoms with Gasteiger partial charge in [-0.2, -0.15) is 5.10 Å². The van der Waals surface area contributed by atoms with Gasteiger partial charge in [-0.1, -0.05) is 0 Å².